The van der Waals surface area contributed by atoms with Crippen LogP contribution in [0.1, 0.15) is 10.7 Å². The number of aromatic nitrogens is 2. The summed E-state index contributed by atoms with van der Waals surface area (Å²) in [5, 5.41) is 5.72. The predicted molar refractivity (Wildman–Crippen MR) is 71.1 cm³/mol. The Labute approximate surface area is 111 Å². The lowest BCUT2D eigenvalue weighted by Crippen LogP contribution is -2.01. The lowest BCUT2D eigenvalue weighted by Gasteiger charge is -2.04. The first-order chi connectivity index (χ1) is 7.63. The molecule has 0 spiro atoms. The zero-order chi connectivity index (χ0) is 11.5. The molecular formula is C10H9BrClN3S. The van der Waals surface area contributed by atoms with Crippen molar-refractivity contribution in [1.29, 1.82) is 0 Å². The number of nitrogens with zero attached hydrogens (tertiary/aromatic N) is 2. The number of halogens is 2. The van der Waals surface area contributed by atoms with Gasteiger partial charge in [-0.05, 0) is 28.9 Å². The molecule has 0 aliphatic carbocycles. The van der Waals surface area contributed by atoms with Crippen LogP contribution in [-0.4, -0.2) is 9.97 Å². The van der Waals surface area contributed by atoms with Crippen LogP contribution < -0.4 is 5.32 Å². The molecule has 0 amide bonds. The van der Waals surface area contributed by atoms with Crippen molar-refractivity contribution in [3.63, 3.8) is 0 Å². The summed E-state index contributed by atoms with van der Waals surface area (Å²) in [4.78, 5) is 9.48. The third-order valence-corrected chi connectivity index (χ3v) is 3.76. The minimum atomic E-state index is 0.461. The number of aryl methyl sites for hydroxylation is 1. The SMILES string of the molecule is Cc1nc(Cl)cc(NCc2cc(Br)cs2)n1. The Morgan fingerprint density at radius 3 is 2.88 bits per heavy atom. The molecule has 2 heterocycles. The first kappa shape index (κ1) is 11.8. The van der Waals surface area contributed by atoms with Gasteiger partial charge in [0.2, 0.25) is 0 Å². The van der Waals surface area contributed by atoms with E-state index in [-0.39, 0.29) is 0 Å². The van der Waals surface area contributed by atoms with Crippen molar-refractivity contribution in [3.8, 4) is 0 Å². The number of hydrogen-bond acceptors (Lipinski definition) is 4. The summed E-state index contributed by atoms with van der Waals surface area (Å²) in [5.41, 5.74) is 0. The number of thiophene rings is 1. The van der Waals surface area contributed by atoms with E-state index in [9.17, 15) is 0 Å². The number of anilines is 1. The van der Waals surface area contributed by atoms with Crippen molar-refractivity contribution in [2.24, 2.45) is 0 Å². The van der Waals surface area contributed by atoms with E-state index in [0.717, 1.165) is 16.8 Å². The minimum absolute atomic E-state index is 0.461. The molecule has 0 saturated carbocycles. The van der Waals surface area contributed by atoms with Crippen LogP contribution in [0, 0.1) is 6.92 Å². The van der Waals surface area contributed by atoms with Crippen molar-refractivity contribution in [1.82, 2.24) is 9.97 Å². The molecule has 0 bridgehead atoms. The van der Waals surface area contributed by atoms with Crippen LogP contribution in [0.3, 0.4) is 0 Å². The Balaban J connectivity index is 2.04. The molecule has 84 valence electrons. The topological polar surface area (TPSA) is 37.8 Å². The lowest BCUT2D eigenvalue weighted by atomic mass is 10.4. The van der Waals surface area contributed by atoms with Crippen molar-refractivity contribution in [3.05, 3.63) is 37.8 Å². The third-order valence-electron chi connectivity index (χ3n) is 1.87. The van der Waals surface area contributed by atoms with Gasteiger partial charge in [0.25, 0.3) is 0 Å². The Morgan fingerprint density at radius 2 is 2.25 bits per heavy atom. The van der Waals surface area contributed by atoms with E-state index in [2.05, 4.69) is 42.7 Å². The molecule has 0 unspecified atom stereocenters. The van der Waals surface area contributed by atoms with Gasteiger partial charge in [-0.3, -0.25) is 0 Å². The third kappa shape index (κ3) is 3.17. The summed E-state index contributed by atoms with van der Waals surface area (Å²) < 4.78 is 1.10. The average molecular weight is 319 g/mol. The van der Waals surface area contributed by atoms with Gasteiger partial charge < -0.3 is 5.32 Å². The average Bonchev–Trinajstić information content (AvgIpc) is 2.60. The molecule has 2 aromatic rings. The van der Waals surface area contributed by atoms with Crippen LogP contribution in [-0.2, 0) is 6.54 Å². The van der Waals surface area contributed by atoms with Gasteiger partial charge >= 0.3 is 0 Å². The molecule has 0 atom stereocenters. The lowest BCUT2D eigenvalue weighted by molar-refractivity contribution is 1.03. The van der Waals surface area contributed by atoms with E-state index in [0.29, 0.717) is 11.0 Å². The predicted octanol–water partition coefficient (Wildman–Crippen LogP) is 3.87. The number of nitrogens with one attached hydrogen (secondary N) is 1. The minimum Gasteiger partial charge on any atom is -0.365 e. The first-order valence-corrected chi connectivity index (χ1v) is 6.66. The molecule has 1 N–H and O–H groups in total. The molecule has 0 aliphatic rings. The van der Waals surface area contributed by atoms with Crippen LogP contribution >= 0.6 is 38.9 Å². The highest BCUT2D eigenvalue weighted by Crippen LogP contribution is 2.20. The fourth-order valence-corrected chi connectivity index (χ4v) is 2.86. The standard InChI is InChI=1S/C10H9BrClN3S/c1-6-14-9(12)3-10(15-6)13-4-8-2-7(11)5-16-8/h2-3,5H,4H2,1H3,(H,13,14,15). The van der Waals surface area contributed by atoms with Gasteiger partial charge in [-0.2, -0.15) is 0 Å². The van der Waals surface area contributed by atoms with E-state index in [4.69, 9.17) is 11.6 Å². The summed E-state index contributed by atoms with van der Waals surface area (Å²) in [7, 11) is 0. The Morgan fingerprint density at radius 1 is 1.44 bits per heavy atom. The first-order valence-electron chi connectivity index (χ1n) is 4.61. The second-order valence-corrected chi connectivity index (χ2v) is 5.51. The molecule has 0 fully saturated rings. The van der Waals surface area contributed by atoms with Crippen LogP contribution in [0.5, 0.6) is 0 Å². The molecular weight excluding hydrogens is 310 g/mol. The van der Waals surface area contributed by atoms with Crippen LogP contribution in [0.4, 0.5) is 5.82 Å². The smallest absolute Gasteiger partial charge is 0.134 e. The summed E-state index contributed by atoms with van der Waals surface area (Å²) in [6.07, 6.45) is 0. The molecule has 16 heavy (non-hydrogen) atoms. The molecule has 6 heteroatoms. The van der Waals surface area contributed by atoms with Gasteiger partial charge in [0.05, 0.1) is 6.54 Å². The highest BCUT2D eigenvalue weighted by molar-refractivity contribution is 9.10. The van der Waals surface area contributed by atoms with E-state index >= 15 is 0 Å². The summed E-state index contributed by atoms with van der Waals surface area (Å²) in [6, 6.07) is 3.80. The molecule has 0 saturated heterocycles. The monoisotopic (exact) mass is 317 g/mol. The summed E-state index contributed by atoms with van der Waals surface area (Å²) in [6.45, 7) is 2.56. The van der Waals surface area contributed by atoms with Crippen molar-refractivity contribution < 1.29 is 0 Å². The van der Waals surface area contributed by atoms with Gasteiger partial charge in [0, 0.05) is 20.8 Å². The number of hydrogen-bond donors (Lipinski definition) is 1. The largest absolute Gasteiger partial charge is 0.365 e. The van der Waals surface area contributed by atoms with Crippen LogP contribution in [0.15, 0.2) is 22.0 Å². The molecule has 2 rings (SSSR count). The summed E-state index contributed by atoms with van der Waals surface area (Å²) in [5.74, 6) is 1.42. The maximum absolute atomic E-state index is 5.84. The fourth-order valence-electron chi connectivity index (χ4n) is 1.25. The van der Waals surface area contributed by atoms with Gasteiger partial charge in [-0.25, -0.2) is 9.97 Å². The quantitative estimate of drug-likeness (QED) is 0.873. The van der Waals surface area contributed by atoms with Gasteiger partial charge in [0.1, 0.15) is 16.8 Å². The van der Waals surface area contributed by atoms with Crippen LogP contribution in [0.2, 0.25) is 5.15 Å². The van der Waals surface area contributed by atoms with E-state index in [1.165, 1.54) is 4.88 Å². The second-order valence-electron chi connectivity index (χ2n) is 3.21. The molecule has 0 aliphatic heterocycles. The van der Waals surface area contributed by atoms with Gasteiger partial charge in [-0.15, -0.1) is 11.3 Å². The molecule has 0 radical (unpaired) electrons. The zero-order valence-corrected chi connectivity index (χ0v) is 11.7. The Hall–Kier alpha value is -0.650. The highest BCUT2D eigenvalue weighted by atomic mass is 79.9. The fraction of sp³-hybridized carbons (Fsp3) is 0.200. The summed E-state index contributed by atoms with van der Waals surface area (Å²) >= 11 is 10.9. The van der Waals surface area contributed by atoms with E-state index < -0.39 is 0 Å². The van der Waals surface area contributed by atoms with Gasteiger partial charge in [0.15, 0.2) is 0 Å². The normalized spacial score (nSPS) is 10.4. The Kier molecular flexibility index (Phi) is 3.78. The Bertz CT molecular complexity index is 480. The maximum atomic E-state index is 5.84. The molecule has 0 aromatic carbocycles. The van der Waals surface area contributed by atoms with Gasteiger partial charge in [-0.1, -0.05) is 11.6 Å². The van der Waals surface area contributed by atoms with E-state index in [1.54, 1.807) is 17.4 Å². The number of rotatable bonds is 3. The zero-order valence-electron chi connectivity index (χ0n) is 8.50. The second kappa shape index (κ2) is 5.12. The van der Waals surface area contributed by atoms with Crippen LogP contribution in [0.25, 0.3) is 0 Å². The van der Waals surface area contributed by atoms with Crippen molar-refractivity contribution in [2.75, 3.05) is 5.32 Å². The van der Waals surface area contributed by atoms with E-state index in [1.807, 2.05) is 6.92 Å². The highest BCUT2D eigenvalue weighted by Gasteiger charge is 2.01. The van der Waals surface area contributed by atoms with Crippen molar-refractivity contribution >= 4 is 44.7 Å². The van der Waals surface area contributed by atoms with Crippen molar-refractivity contribution in [2.45, 2.75) is 13.5 Å². The molecule has 2 aromatic heterocycles. The maximum Gasteiger partial charge on any atom is 0.134 e. The molecule has 3 nitrogen and oxygen atoms in total.